The van der Waals surface area contributed by atoms with Gasteiger partial charge in [-0.25, -0.2) is 19.0 Å². The average Bonchev–Trinajstić information content (AvgIpc) is 3.27. The van der Waals surface area contributed by atoms with Gasteiger partial charge in [-0.05, 0) is 43.7 Å². The molecule has 2 bridgehead atoms. The van der Waals surface area contributed by atoms with Crippen molar-refractivity contribution >= 4 is 23.4 Å². The molecule has 5 rings (SSSR count). The van der Waals surface area contributed by atoms with Crippen molar-refractivity contribution in [1.82, 2.24) is 24.7 Å². The number of ether oxygens (including phenoxy) is 1. The van der Waals surface area contributed by atoms with Crippen LogP contribution in [0.4, 0.5) is 16.2 Å². The molecule has 1 aromatic carbocycles. The molecule has 10 heteroatoms. The summed E-state index contributed by atoms with van der Waals surface area (Å²) in [6.45, 7) is 0.976. The standard InChI is InChI=1S/C21H23ClFN7O/c1-12-7-18(25-11-24-12)30-9-13-3-4-14(10-30)19(13)26-20-27-21(29(2)28-20)31-15-5-6-17(23)16(22)8-15/h5-8,11,13-14,19H,3-4,9-10H2,1-2H3,(H,26,28)/t13-,14+,19?/i2D3. The third-order valence-electron chi connectivity index (χ3n) is 5.92. The largest absolute Gasteiger partial charge is 0.424 e. The molecule has 3 heterocycles. The number of hydrogen-bond acceptors (Lipinski definition) is 7. The molecular weight excluding hydrogens is 421 g/mol. The second-order valence-electron chi connectivity index (χ2n) is 8.00. The van der Waals surface area contributed by atoms with E-state index >= 15 is 0 Å². The highest BCUT2D eigenvalue weighted by Gasteiger charge is 2.43. The fourth-order valence-corrected chi connectivity index (χ4v) is 4.65. The van der Waals surface area contributed by atoms with Gasteiger partial charge in [0, 0.05) is 48.0 Å². The molecule has 31 heavy (non-hydrogen) atoms. The van der Waals surface area contributed by atoms with E-state index in [0.29, 0.717) is 11.8 Å². The van der Waals surface area contributed by atoms with Crippen LogP contribution in [0.25, 0.3) is 0 Å². The van der Waals surface area contributed by atoms with Gasteiger partial charge in [0.15, 0.2) is 0 Å². The Kier molecular flexibility index (Phi) is 4.29. The van der Waals surface area contributed by atoms with E-state index in [1.807, 2.05) is 13.0 Å². The van der Waals surface area contributed by atoms with Gasteiger partial charge in [-0.15, -0.1) is 5.10 Å². The van der Waals surface area contributed by atoms with Gasteiger partial charge in [0.05, 0.1) is 5.02 Å². The Labute approximate surface area is 188 Å². The van der Waals surface area contributed by atoms with Crippen molar-refractivity contribution in [2.75, 3.05) is 23.3 Å². The lowest BCUT2D eigenvalue weighted by molar-refractivity contribution is 0.374. The molecule has 2 aromatic heterocycles. The molecule has 0 radical (unpaired) electrons. The number of aromatic nitrogens is 5. The molecule has 1 saturated heterocycles. The minimum atomic E-state index is -2.61. The van der Waals surface area contributed by atoms with Crippen LogP contribution in [-0.2, 0) is 6.98 Å². The van der Waals surface area contributed by atoms with Gasteiger partial charge in [0.1, 0.15) is 23.7 Å². The third-order valence-corrected chi connectivity index (χ3v) is 6.21. The highest BCUT2D eigenvalue weighted by atomic mass is 35.5. The lowest BCUT2D eigenvalue weighted by Gasteiger charge is -2.38. The number of nitrogens with one attached hydrogen (secondary N) is 1. The molecular formula is C21H23ClFN7O. The van der Waals surface area contributed by atoms with E-state index in [-0.39, 0.29) is 28.8 Å². The summed E-state index contributed by atoms with van der Waals surface area (Å²) in [6.07, 6.45) is 3.67. The van der Waals surface area contributed by atoms with E-state index in [1.165, 1.54) is 12.1 Å². The van der Waals surface area contributed by atoms with E-state index in [9.17, 15) is 4.39 Å². The summed E-state index contributed by atoms with van der Waals surface area (Å²) in [4.78, 5) is 15.2. The van der Waals surface area contributed by atoms with Crippen LogP contribution in [0.5, 0.6) is 11.8 Å². The molecule has 0 amide bonds. The maximum atomic E-state index is 13.5. The molecule has 1 N–H and O–H groups in total. The zero-order valence-electron chi connectivity index (χ0n) is 19.8. The maximum Gasteiger partial charge on any atom is 0.321 e. The van der Waals surface area contributed by atoms with Gasteiger partial charge in [-0.2, -0.15) is 4.98 Å². The highest BCUT2D eigenvalue weighted by molar-refractivity contribution is 6.30. The van der Waals surface area contributed by atoms with Crippen molar-refractivity contribution < 1.29 is 13.2 Å². The Morgan fingerprint density at radius 3 is 2.74 bits per heavy atom. The number of anilines is 2. The van der Waals surface area contributed by atoms with E-state index in [2.05, 4.69) is 30.3 Å². The Hall–Kier alpha value is -2.94. The van der Waals surface area contributed by atoms with Crippen molar-refractivity contribution in [2.24, 2.45) is 18.8 Å². The lowest BCUT2D eigenvalue weighted by Crippen LogP contribution is -2.48. The van der Waals surface area contributed by atoms with Crippen LogP contribution in [-0.4, -0.2) is 43.9 Å². The zero-order valence-corrected chi connectivity index (χ0v) is 17.6. The number of benzene rings is 1. The van der Waals surface area contributed by atoms with Crippen molar-refractivity contribution in [3.63, 3.8) is 0 Å². The van der Waals surface area contributed by atoms with Crippen LogP contribution >= 0.6 is 11.6 Å². The molecule has 1 aliphatic heterocycles. The molecule has 2 fully saturated rings. The number of nitrogens with zero attached hydrogens (tertiary/aromatic N) is 6. The molecule has 1 aliphatic carbocycles. The lowest BCUT2D eigenvalue weighted by atomic mass is 9.92. The predicted molar refractivity (Wildman–Crippen MR) is 115 cm³/mol. The van der Waals surface area contributed by atoms with Crippen LogP contribution in [0.2, 0.25) is 5.02 Å². The molecule has 162 valence electrons. The SMILES string of the molecule is [2H]C([2H])([2H])n1nc(NC2[C@@H]3CC[C@H]2CN(c2cc(C)ncn2)C3)nc1Oc1ccc(F)c(Cl)c1. The number of aryl methyl sites for hydroxylation is 2. The molecule has 1 saturated carbocycles. The van der Waals surface area contributed by atoms with Crippen molar-refractivity contribution in [3.05, 3.63) is 47.1 Å². The quantitative estimate of drug-likeness (QED) is 0.637. The minimum Gasteiger partial charge on any atom is -0.424 e. The van der Waals surface area contributed by atoms with Crippen LogP contribution in [0, 0.1) is 24.6 Å². The van der Waals surface area contributed by atoms with E-state index in [4.69, 9.17) is 20.5 Å². The van der Waals surface area contributed by atoms with Crippen LogP contribution in [0.1, 0.15) is 22.6 Å². The van der Waals surface area contributed by atoms with Gasteiger partial charge in [0.2, 0.25) is 5.95 Å². The summed E-state index contributed by atoms with van der Waals surface area (Å²) in [5, 5.41) is 7.37. The van der Waals surface area contributed by atoms with E-state index in [0.717, 1.165) is 48.2 Å². The number of rotatable bonds is 5. The van der Waals surface area contributed by atoms with Gasteiger partial charge >= 0.3 is 6.01 Å². The second kappa shape index (κ2) is 7.96. The molecule has 3 aromatic rings. The summed E-state index contributed by atoms with van der Waals surface area (Å²) in [7, 11) is 0. The summed E-state index contributed by atoms with van der Waals surface area (Å²) < 4.78 is 43.2. The zero-order chi connectivity index (χ0) is 24.0. The van der Waals surface area contributed by atoms with Crippen molar-refractivity contribution in [2.45, 2.75) is 25.8 Å². The average molecular weight is 447 g/mol. The molecule has 1 unspecified atom stereocenters. The Morgan fingerprint density at radius 1 is 1.23 bits per heavy atom. The highest BCUT2D eigenvalue weighted by Crippen LogP contribution is 2.39. The summed E-state index contributed by atoms with van der Waals surface area (Å²) in [5.41, 5.74) is 0.923. The van der Waals surface area contributed by atoms with Crippen molar-refractivity contribution in [1.29, 1.82) is 0 Å². The summed E-state index contributed by atoms with van der Waals surface area (Å²) in [6, 6.07) is 5.59. The number of fused-ring (bicyclic) bond motifs is 2. The monoisotopic (exact) mass is 446 g/mol. The molecule has 8 nitrogen and oxygen atoms in total. The number of halogens is 2. The fourth-order valence-electron chi connectivity index (χ4n) is 4.48. The number of hydrogen-bond donors (Lipinski definition) is 1. The van der Waals surface area contributed by atoms with Gasteiger partial charge in [0.25, 0.3) is 0 Å². The molecule has 2 aliphatic rings. The van der Waals surface area contributed by atoms with Crippen molar-refractivity contribution in [3.8, 4) is 11.8 Å². The maximum absolute atomic E-state index is 13.5. The Balaban J connectivity index is 1.35. The normalized spacial score (nSPS) is 24.4. The first kappa shape index (κ1) is 16.7. The first-order valence-corrected chi connectivity index (χ1v) is 10.5. The summed E-state index contributed by atoms with van der Waals surface area (Å²) in [5.74, 6) is 1.30. The smallest absolute Gasteiger partial charge is 0.321 e. The third kappa shape index (κ3) is 4.01. The molecule has 3 atom stereocenters. The Bertz CT molecular complexity index is 1190. The van der Waals surface area contributed by atoms with Gasteiger partial charge < -0.3 is 15.0 Å². The summed E-state index contributed by atoms with van der Waals surface area (Å²) >= 11 is 5.81. The van der Waals surface area contributed by atoms with Gasteiger partial charge in [-0.3, -0.25) is 0 Å². The number of piperidine rings is 1. The fraction of sp³-hybridized carbons (Fsp3) is 0.429. The van der Waals surface area contributed by atoms with Crippen LogP contribution < -0.4 is 15.0 Å². The van der Waals surface area contributed by atoms with E-state index < -0.39 is 12.8 Å². The van der Waals surface area contributed by atoms with Gasteiger partial charge in [-0.1, -0.05) is 11.6 Å². The predicted octanol–water partition coefficient (Wildman–Crippen LogP) is 3.83. The minimum absolute atomic E-state index is 0.0970. The molecule has 0 spiro atoms. The second-order valence-corrected chi connectivity index (χ2v) is 8.41. The van der Waals surface area contributed by atoms with E-state index in [1.54, 1.807) is 6.33 Å². The Morgan fingerprint density at radius 2 is 2.03 bits per heavy atom. The van der Waals surface area contributed by atoms with Crippen LogP contribution in [0.15, 0.2) is 30.6 Å². The van der Waals surface area contributed by atoms with Crippen LogP contribution in [0.3, 0.4) is 0 Å². The first-order chi connectivity index (χ1) is 16.2. The first-order valence-electron chi connectivity index (χ1n) is 11.6. The topological polar surface area (TPSA) is 81.0 Å².